The summed E-state index contributed by atoms with van der Waals surface area (Å²) in [7, 11) is 0. The third-order valence-corrected chi connectivity index (χ3v) is 8.87. The van der Waals surface area contributed by atoms with Crippen molar-refractivity contribution in [3.05, 3.63) is 145 Å². The Hall–Kier alpha value is -5.08. The molecule has 0 unspecified atom stereocenters. The summed E-state index contributed by atoms with van der Waals surface area (Å²) >= 11 is 0. The topological polar surface area (TPSA) is 25.8 Å². The average Bonchev–Trinajstić information content (AvgIpc) is 3.03. The molecule has 0 bridgehead atoms. The van der Waals surface area contributed by atoms with Crippen molar-refractivity contribution < 1.29 is 0 Å². The summed E-state index contributed by atoms with van der Waals surface area (Å²) in [6.45, 7) is 11.3. The predicted molar refractivity (Wildman–Crippen MR) is 187 cm³/mol. The van der Waals surface area contributed by atoms with Crippen LogP contribution in [0.4, 0.5) is 0 Å². The van der Waals surface area contributed by atoms with Crippen LogP contribution in [-0.4, -0.2) is 9.97 Å². The largest absolute Gasteiger partial charge is 0.264 e. The zero-order chi connectivity index (χ0) is 30.4. The van der Waals surface area contributed by atoms with Gasteiger partial charge in [-0.15, -0.1) is 0 Å². The average molecular weight is 569 g/mol. The third-order valence-electron chi connectivity index (χ3n) is 8.87. The summed E-state index contributed by atoms with van der Waals surface area (Å²) in [5, 5.41) is 5.09. The molecule has 0 saturated carbocycles. The Kier molecular flexibility index (Phi) is 6.86. The molecule has 7 rings (SSSR count). The van der Waals surface area contributed by atoms with Crippen LogP contribution in [0.1, 0.15) is 37.5 Å². The Balaban J connectivity index is 1.52. The highest BCUT2D eigenvalue weighted by atomic mass is 14.6. The van der Waals surface area contributed by atoms with Gasteiger partial charge in [0.05, 0.1) is 0 Å². The van der Waals surface area contributed by atoms with Gasteiger partial charge in [-0.05, 0) is 109 Å². The minimum absolute atomic E-state index is 0.0271. The molecule has 214 valence electrons. The van der Waals surface area contributed by atoms with Crippen molar-refractivity contribution in [2.24, 2.45) is 0 Å². The van der Waals surface area contributed by atoms with Crippen LogP contribution >= 0.6 is 0 Å². The molecule has 0 saturated heterocycles. The molecular formula is C42H36N2. The van der Waals surface area contributed by atoms with E-state index in [9.17, 15) is 0 Å². The van der Waals surface area contributed by atoms with Gasteiger partial charge in [0.15, 0.2) is 0 Å². The second-order valence-electron chi connectivity index (χ2n) is 12.8. The maximum Gasteiger partial charge on any atom is 0.0346 e. The lowest BCUT2D eigenvalue weighted by atomic mass is 9.80. The van der Waals surface area contributed by atoms with Crippen molar-refractivity contribution in [2.45, 2.75) is 40.0 Å². The number of fused-ring (bicyclic) bond motifs is 2. The van der Waals surface area contributed by atoms with Crippen molar-refractivity contribution in [2.75, 3.05) is 0 Å². The van der Waals surface area contributed by atoms with Crippen LogP contribution in [-0.2, 0) is 5.41 Å². The highest BCUT2D eigenvalue weighted by Crippen LogP contribution is 2.46. The number of pyridine rings is 2. The molecule has 0 aliphatic carbocycles. The van der Waals surface area contributed by atoms with E-state index >= 15 is 0 Å². The monoisotopic (exact) mass is 568 g/mol. The summed E-state index contributed by atoms with van der Waals surface area (Å²) in [5.41, 5.74) is 13.6. The summed E-state index contributed by atoms with van der Waals surface area (Å²) in [6.07, 6.45) is 7.54. The first-order valence-electron chi connectivity index (χ1n) is 15.3. The van der Waals surface area contributed by atoms with E-state index in [1.165, 1.54) is 71.6 Å². The number of hydrogen-bond acceptors (Lipinski definition) is 2. The fourth-order valence-electron chi connectivity index (χ4n) is 6.60. The van der Waals surface area contributed by atoms with Crippen LogP contribution in [0.5, 0.6) is 0 Å². The van der Waals surface area contributed by atoms with Gasteiger partial charge < -0.3 is 0 Å². The van der Waals surface area contributed by atoms with Gasteiger partial charge in [0, 0.05) is 35.9 Å². The van der Waals surface area contributed by atoms with Crippen molar-refractivity contribution in [3.8, 4) is 44.5 Å². The quantitative estimate of drug-likeness (QED) is 0.197. The first-order valence-corrected chi connectivity index (χ1v) is 15.3. The summed E-state index contributed by atoms with van der Waals surface area (Å²) < 4.78 is 0. The number of benzene rings is 5. The lowest BCUT2D eigenvalue weighted by Crippen LogP contribution is -2.10. The van der Waals surface area contributed by atoms with Gasteiger partial charge in [0.25, 0.3) is 0 Å². The molecule has 7 aromatic rings. The second kappa shape index (κ2) is 10.9. The van der Waals surface area contributed by atoms with E-state index < -0.39 is 0 Å². The van der Waals surface area contributed by atoms with Gasteiger partial charge in [0.2, 0.25) is 0 Å². The van der Waals surface area contributed by atoms with Gasteiger partial charge in [0.1, 0.15) is 0 Å². The molecule has 0 fully saturated rings. The van der Waals surface area contributed by atoms with Gasteiger partial charge in [-0.3, -0.25) is 9.97 Å². The van der Waals surface area contributed by atoms with Crippen LogP contribution < -0.4 is 0 Å². The molecule has 0 amide bonds. The molecule has 2 heterocycles. The van der Waals surface area contributed by atoms with Gasteiger partial charge in [-0.25, -0.2) is 0 Å². The summed E-state index contributed by atoms with van der Waals surface area (Å²) in [5.74, 6) is 0. The van der Waals surface area contributed by atoms with Crippen molar-refractivity contribution >= 4 is 21.5 Å². The smallest absolute Gasteiger partial charge is 0.0346 e. The maximum atomic E-state index is 4.36. The van der Waals surface area contributed by atoms with Crippen LogP contribution in [0, 0.1) is 13.8 Å². The van der Waals surface area contributed by atoms with E-state index in [4.69, 9.17) is 0 Å². The molecule has 44 heavy (non-hydrogen) atoms. The Labute approximate surface area is 260 Å². The number of aromatic nitrogens is 2. The molecule has 0 N–H and O–H groups in total. The molecule has 0 spiro atoms. The molecule has 2 heteroatoms. The van der Waals surface area contributed by atoms with E-state index in [-0.39, 0.29) is 5.41 Å². The standard InChI is InChI=1S/C42H36N2/c1-27-22-29(14-17-34(27)31-10-8-20-43-25-31)40-36-12-6-7-13-37(36)41(39-24-33(42(3,4)5)16-19-38(39)40)30-15-18-35(28(2)23-30)32-11-9-21-44-26-32/h6-26H,1-5H3. The fourth-order valence-corrected chi connectivity index (χ4v) is 6.60. The molecule has 0 atom stereocenters. The Morgan fingerprint density at radius 2 is 0.955 bits per heavy atom. The predicted octanol–water partition coefficient (Wildman–Crippen LogP) is 11.4. The van der Waals surface area contributed by atoms with E-state index in [2.05, 4.69) is 136 Å². The zero-order valence-corrected chi connectivity index (χ0v) is 26.0. The van der Waals surface area contributed by atoms with Crippen molar-refractivity contribution in [1.29, 1.82) is 0 Å². The van der Waals surface area contributed by atoms with E-state index in [1.54, 1.807) is 0 Å². The number of hydrogen-bond donors (Lipinski definition) is 0. The van der Waals surface area contributed by atoms with Gasteiger partial charge >= 0.3 is 0 Å². The molecule has 5 aromatic carbocycles. The normalized spacial score (nSPS) is 11.8. The molecule has 2 nitrogen and oxygen atoms in total. The first-order chi connectivity index (χ1) is 21.3. The Morgan fingerprint density at radius 3 is 1.41 bits per heavy atom. The number of nitrogens with zero attached hydrogens (tertiary/aromatic N) is 2. The van der Waals surface area contributed by atoms with Gasteiger partial charge in [-0.2, -0.15) is 0 Å². The highest BCUT2D eigenvalue weighted by molar-refractivity contribution is 6.21. The third kappa shape index (κ3) is 4.87. The number of aryl methyl sites for hydroxylation is 2. The Morgan fingerprint density at radius 1 is 0.455 bits per heavy atom. The SMILES string of the molecule is Cc1cc(-c2c3ccccc3c(-c3ccc(-c4cccnc4)c(C)c3)c3cc(C(C)(C)C)ccc23)ccc1-c1cccnc1. The molecule has 0 aliphatic heterocycles. The first kappa shape index (κ1) is 27.7. The maximum absolute atomic E-state index is 4.36. The van der Waals surface area contributed by atoms with E-state index in [0.29, 0.717) is 0 Å². The lowest BCUT2D eigenvalue weighted by Gasteiger charge is -2.23. The van der Waals surface area contributed by atoms with Crippen LogP contribution in [0.15, 0.2) is 128 Å². The van der Waals surface area contributed by atoms with Crippen LogP contribution in [0.2, 0.25) is 0 Å². The van der Waals surface area contributed by atoms with Crippen LogP contribution in [0.3, 0.4) is 0 Å². The zero-order valence-electron chi connectivity index (χ0n) is 26.0. The molecule has 0 aliphatic rings. The lowest BCUT2D eigenvalue weighted by molar-refractivity contribution is 0.591. The molecule has 0 radical (unpaired) electrons. The molecule has 2 aromatic heterocycles. The van der Waals surface area contributed by atoms with Crippen molar-refractivity contribution in [1.82, 2.24) is 9.97 Å². The van der Waals surface area contributed by atoms with Gasteiger partial charge in [-0.1, -0.05) is 106 Å². The summed E-state index contributed by atoms with van der Waals surface area (Å²) in [6, 6.07) is 38.0. The van der Waals surface area contributed by atoms with E-state index in [0.717, 1.165) is 11.1 Å². The van der Waals surface area contributed by atoms with Crippen LogP contribution in [0.25, 0.3) is 66.1 Å². The minimum atomic E-state index is 0.0271. The minimum Gasteiger partial charge on any atom is -0.264 e. The highest BCUT2D eigenvalue weighted by Gasteiger charge is 2.21. The summed E-state index contributed by atoms with van der Waals surface area (Å²) in [4.78, 5) is 8.72. The molecular weight excluding hydrogens is 532 g/mol. The fraction of sp³-hybridized carbons (Fsp3) is 0.143. The second-order valence-corrected chi connectivity index (χ2v) is 12.8. The van der Waals surface area contributed by atoms with E-state index in [1.807, 2.05) is 36.9 Å². The Bertz CT molecular complexity index is 2150. The number of rotatable bonds is 4. The van der Waals surface area contributed by atoms with Crippen molar-refractivity contribution in [3.63, 3.8) is 0 Å².